The third kappa shape index (κ3) is 4.92. The molecule has 1 aliphatic carbocycles. The summed E-state index contributed by atoms with van der Waals surface area (Å²) < 4.78 is 34.9. The van der Waals surface area contributed by atoms with Gasteiger partial charge in [-0.15, -0.1) is 0 Å². The quantitative estimate of drug-likeness (QED) is 0.478. The lowest BCUT2D eigenvalue weighted by Crippen LogP contribution is -2.42. The van der Waals surface area contributed by atoms with Crippen molar-refractivity contribution < 1.29 is 18.3 Å². The summed E-state index contributed by atoms with van der Waals surface area (Å²) in [6.07, 6.45) is 2.85. The normalized spacial score (nSPS) is 26.2. The fourth-order valence-electron chi connectivity index (χ4n) is 5.17. The van der Waals surface area contributed by atoms with E-state index in [1.807, 2.05) is 0 Å². The van der Waals surface area contributed by atoms with Crippen LogP contribution < -0.4 is 5.73 Å². The van der Waals surface area contributed by atoms with Gasteiger partial charge >= 0.3 is 0 Å². The molecule has 3 aliphatic rings. The summed E-state index contributed by atoms with van der Waals surface area (Å²) >= 11 is 1.37. The molecule has 2 fully saturated rings. The standard InChI is InChI=1S/C27H25F2N5O2S/c1-31-20-6-5-19(32-16-20)4-2-18-3-7-22(29)21(14-18)27(17-28)23-15-26(23,37-25(30)33-27)9-8-24(35)34-10-12-36-13-11-34/h3,5-7,14,16,23H,8-13,15,17H2,(H2,30,33)/t23-,26+,27-/m1/s1. The number of amidine groups is 1. The molecule has 0 bridgehead atoms. The number of carbonyl (C=O) groups excluding carboxylic acids is 1. The number of amides is 1. The number of pyridine rings is 1. The number of hydrogen-bond donors (Lipinski definition) is 1. The fourth-order valence-corrected chi connectivity index (χ4v) is 6.58. The van der Waals surface area contributed by atoms with E-state index in [1.54, 1.807) is 17.0 Å². The molecule has 1 aromatic carbocycles. The number of thioether (sulfide) groups is 1. The molecule has 10 heteroatoms. The first-order valence-corrected chi connectivity index (χ1v) is 12.8. The molecule has 1 amide bonds. The minimum absolute atomic E-state index is 0.0392. The number of rotatable bonds is 5. The first kappa shape index (κ1) is 25.2. The van der Waals surface area contributed by atoms with Crippen LogP contribution in [0.5, 0.6) is 0 Å². The Morgan fingerprint density at radius 2 is 2.11 bits per heavy atom. The summed E-state index contributed by atoms with van der Waals surface area (Å²) in [5.41, 5.74) is 6.18. The lowest BCUT2D eigenvalue weighted by Gasteiger charge is -2.35. The van der Waals surface area contributed by atoms with E-state index >= 15 is 4.39 Å². The topological polar surface area (TPSA) is 85.2 Å². The van der Waals surface area contributed by atoms with E-state index in [1.165, 1.54) is 36.2 Å². The number of hydrogen-bond acceptors (Lipinski definition) is 6. The minimum atomic E-state index is -1.46. The highest BCUT2D eigenvalue weighted by atomic mass is 32.2. The Morgan fingerprint density at radius 3 is 2.81 bits per heavy atom. The summed E-state index contributed by atoms with van der Waals surface area (Å²) in [7, 11) is 0. The predicted molar refractivity (Wildman–Crippen MR) is 137 cm³/mol. The third-order valence-electron chi connectivity index (χ3n) is 7.19. The maximum atomic E-state index is 15.2. The van der Waals surface area contributed by atoms with Crippen LogP contribution in [0, 0.1) is 30.1 Å². The van der Waals surface area contributed by atoms with Gasteiger partial charge in [0, 0.05) is 47.5 Å². The maximum absolute atomic E-state index is 15.2. The van der Waals surface area contributed by atoms with Crippen molar-refractivity contribution in [3.8, 4) is 11.8 Å². The van der Waals surface area contributed by atoms with Crippen LogP contribution in [-0.4, -0.2) is 58.7 Å². The maximum Gasteiger partial charge on any atom is 0.222 e. The van der Waals surface area contributed by atoms with Crippen LogP contribution in [0.2, 0.25) is 0 Å². The summed E-state index contributed by atoms with van der Waals surface area (Å²) in [5, 5.41) is 0.199. The largest absolute Gasteiger partial charge is 0.378 e. The Kier molecular flexibility index (Phi) is 6.89. The Labute approximate surface area is 218 Å². The molecule has 0 radical (unpaired) electrons. The van der Waals surface area contributed by atoms with Gasteiger partial charge in [-0.3, -0.25) is 9.78 Å². The number of nitrogens with zero attached hydrogens (tertiary/aromatic N) is 4. The molecule has 1 saturated heterocycles. The second-order valence-electron chi connectivity index (χ2n) is 9.38. The van der Waals surface area contributed by atoms with Crippen LogP contribution in [-0.2, 0) is 15.1 Å². The molecule has 2 aromatic rings. The number of halogens is 2. The summed E-state index contributed by atoms with van der Waals surface area (Å²) in [6, 6.07) is 7.58. The van der Waals surface area contributed by atoms with E-state index in [0.29, 0.717) is 62.5 Å². The Bertz CT molecular complexity index is 1340. The van der Waals surface area contributed by atoms with Gasteiger partial charge < -0.3 is 15.4 Å². The van der Waals surface area contributed by atoms with Gasteiger partial charge in [0.15, 0.2) is 5.17 Å². The average Bonchev–Trinajstić information content (AvgIpc) is 3.66. The number of morpholine rings is 1. The highest BCUT2D eigenvalue weighted by Gasteiger charge is 2.68. The smallest absolute Gasteiger partial charge is 0.222 e. The van der Waals surface area contributed by atoms with Gasteiger partial charge in [0.1, 0.15) is 23.7 Å². The van der Waals surface area contributed by atoms with Crippen molar-refractivity contribution in [2.75, 3.05) is 33.0 Å². The average molecular weight is 522 g/mol. The Hall–Kier alpha value is -3.47. The number of ether oxygens (including phenoxy) is 1. The van der Waals surface area contributed by atoms with Crippen molar-refractivity contribution in [2.24, 2.45) is 16.6 Å². The second kappa shape index (κ2) is 10.1. The highest BCUT2D eigenvalue weighted by Crippen LogP contribution is 2.68. The summed E-state index contributed by atoms with van der Waals surface area (Å²) in [5.74, 6) is 5.02. The van der Waals surface area contributed by atoms with Crippen molar-refractivity contribution >= 4 is 28.5 Å². The third-order valence-corrected chi connectivity index (χ3v) is 8.56. The predicted octanol–water partition coefficient (Wildman–Crippen LogP) is 3.80. The van der Waals surface area contributed by atoms with Crippen molar-refractivity contribution in [3.05, 3.63) is 70.6 Å². The molecule has 1 aromatic heterocycles. The summed E-state index contributed by atoms with van der Waals surface area (Å²) in [4.78, 5) is 26.4. The van der Waals surface area contributed by atoms with Gasteiger partial charge in [-0.25, -0.2) is 18.6 Å². The number of alkyl halides is 1. The van der Waals surface area contributed by atoms with Crippen molar-refractivity contribution in [3.63, 3.8) is 0 Å². The van der Waals surface area contributed by atoms with E-state index < -0.39 is 22.8 Å². The van der Waals surface area contributed by atoms with Gasteiger partial charge in [-0.1, -0.05) is 23.7 Å². The first-order chi connectivity index (χ1) is 17.9. The van der Waals surface area contributed by atoms with E-state index in [-0.39, 0.29) is 22.6 Å². The van der Waals surface area contributed by atoms with Gasteiger partial charge in [0.2, 0.25) is 11.6 Å². The molecule has 1 saturated carbocycles. The molecule has 0 unspecified atom stereocenters. The molecule has 2 aliphatic heterocycles. The molecule has 7 nitrogen and oxygen atoms in total. The van der Waals surface area contributed by atoms with Gasteiger partial charge in [-0.05, 0) is 43.0 Å². The molecule has 0 spiro atoms. The zero-order valence-electron chi connectivity index (χ0n) is 20.0. The zero-order chi connectivity index (χ0) is 26.0. The molecular weight excluding hydrogens is 496 g/mol. The number of aromatic nitrogens is 1. The van der Waals surface area contributed by atoms with Crippen LogP contribution in [0.3, 0.4) is 0 Å². The van der Waals surface area contributed by atoms with Crippen LogP contribution >= 0.6 is 11.8 Å². The molecule has 5 rings (SSSR count). The van der Waals surface area contributed by atoms with Crippen molar-refractivity contribution in [1.82, 2.24) is 9.88 Å². The second-order valence-corrected chi connectivity index (χ2v) is 10.8. The molecular formula is C27H25F2N5O2S. The van der Waals surface area contributed by atoms with Gasteiger partial charge in [-0.2, -0.15) is 0 Å². The van der Waals surface area contributed by atoms with E-state index in [4.69, 9.17) is 17.0 Å². The van der Waals surface area contributed by atoms with Crippen LogP contribution in [0.1, 0.15) is 36.1 Å². The van der Waals surface area contributed by atoms with Crippen molar-refractivity contribution in [2.45, 2.75) is 29.5 Å². The summed E-state index contributed by atoms with van der Waals surface area (Å²) in [6.45, 7) is 8.29. The number of nitrogens with two attached hydrogens (primary N) is 1. The lowest BCUT2D eigenvalue weighted by molar-refractivity contribution is -0.135. The molecule has 3 atom stereocenters. The number of fused-ring (bicyclic) bond motifs is 1. The highest BCUT2D eigenvalue weighted by molar-refractivity contribution is 8.15. The zero-order valence-corrected chi connectivity index (χ0v) is 20.9. The van der Waals surface area contributed by atoms with Gasteiger partial charge in [0.05, 0.1) is 19.8 Å². The Morgan fingerprint density at radius 1 is 1.30 bits per heavy atom. The first-order valence-electron chi connectivity index (χ1n) is 12.0. The molecule has 2 N–H and O–H groups in total. The SMILES string of the molecule is [C-]#[N+]c1ccc(C#Cc2ccc(F)c([C@@]3(CF)N=C(N)S[C@@]4(CCC(=O)N5CCOCC5)C[C@H]43)c2)nc1. The molecule has 190 valence electrons. The fraction of sp³-hybridized carbons (Fsp3) is 0.407. The van der Waals surface area contributed by atoms with Crippen LogP contribution in [0.4, 0.5) is 14.5 Å². The van der Waals surface area contributed by atoms with Gasteiger partial charge in [0.25, 0.3) is 0 Å². The lowest BCUT2D eigenvalue weighted by atomic mass is 9.83. The monoisotopic (exact) mass is 521 g/mol. The van der Waals surface area contributed by atoms with Crippen molar-refractivity contribution in [1.29, 1.82) is 0 Å². The van der Waals surface area contributed by atoms with Crippen LogP contribution in [0.25, 0.3) is 4.85 Å². The van der Waals surface area contributed by atoms with E-state index in [0.717, 1.165) is 0 Å². The number of aliphatic imine (C=N–C) groups is 1. The molecule has 37 heavy (non-hydrogen) atoms. The number of carbonyl (C=O) groups is 1. The van der Waals surface area contributed by atoms with E-state index in [2.05, 4.69) is 26.7 Å². The van der Waals surface area contributed by atoms with E-state index in [9.17, 15) is 9.18 Å². The number of benzene rings is 1. The van der Waals surface area contributed by atoms with Crippen LogP contribution in [0.15, 0.2) is 41.5 Å². The minimum Gasteiger partial charge on any atom is -0.378 e. The molecule has 3 heterocycles. The Balaban J connectivity index is 1.39.